The molecule has 0 aliphatic carbocycles. The molecular weight excluding hydrogens is 222 g/mol. The Kier molecular flexibility index (Phi) is 4.29. The minimum absolute atomic E-state index is 0.843. The Morgan fingerprint density at radius 2 is 1.89 bits per heavy atom. The number of benzene rings is 1. The number of nitrogens with one attached hydrogen (secondary N) is 1. The van der Waals surface area contributed by atoms with Crippen molar-refractivity contribution in [1.82, 2.24) is 9.97 Å². The van der Waals surface area contributed by atoms with Crippen LogP contribution >= 0.6 is 0 Å². The van der Waals surface area contributed by atoms with E-state index in [1.165, 1.54) is 18.4 Å². The van der Waals surface area contributed by atoms with Gasteiger partial charge in [-0.2, -0.15) is 0 Å². The van der Waals surface area contributed by atoms with E-state index in [4.69, 9.17) is 0 Å². The highest BCUT2D eigenvalue weighted by Crippen LogP contribution is 2.19. The molecule has 0 fully saturated rings. The Balaban J connectivity index is 2.17. The zero-order valence-corrected chi connectivity index (χ0v) is 11.0. The van der Waals surface area contributed by atoms with E-state index >= 15 is 0 Å². The van der Waals surface area contributed by atoms with Crippen LogP contribution in [-0.4, -0.2) is 17.0 Å². The Labute approximate surface area is 108 Å². The van der Waals surface area contributed by atoms with Crippen LogP contribution in [0.2, 0.25) is 0 Å². The van der Waals surface area contributed by atoms with Crippen molar-refractivity contribution in [3.8, 4) is 11.3 Å². The van der Waals surface area contributed by atoms with Gasteiger partial charge in [0, 0.05) is 18.7 Å². The second-order valence-corrected chi connectivity index (χ2v) is 4.34. The van der Waals surface area contributed by atoms with E-state index in [-0.39, 0.29) is 0 Å². The van der Waals surface area contributed by atoms with Gasteiger partial charge in [-0.25, -0.2) is 9.97 Å². The first-order chi connectivity index (χ1) is 8.83. The van der Waals surface area contributed by atoms with E-state index in [1.807, 2.05) is 13.1 Å². The molecule has 1 N–H and O–H groups in total. The van der Waals surface area contributed by atoms with E-state index < -0.39 is 0 Å². The Bertz CT molecular complexity index is 491. The van der Waals surface area contributed by atoms with E-state index in [1.54, 1.807) is 6.33 Å². The number of aromatic nitrogens is 2. The van der Waals surface area contributed by atoms with Gasteiger partial charge in [-0.1, -0.05) is 37.6 Å². The maximum absolute atomic E-state index is 4.30. The summed E-state index contributed by atoms with van der Waals surface area (Å²) >= 11 is 0. The van der Waals surface area contributed by atoms with Crippen LogP contribution in [0.15, 0.2) is 36.7 Å². The second kappa shape index (κ2) is 6.15. The van der Waals surface area contributed by atoms with Gasteiger partial charge in [-0.3, -0.25) is 0 Å². The van der Waals surface area contributed by atoms with Gasteiger partial charge in [0.15, 0.2) is 0 Å². The van der Waals surface area contributed by atoms with Crippen LogP contribution in [-0.2, 0) is 6.42 Å². The van der Waals surface area contributed by atoms with E-state index in [9.17, 15) is 0 Å². The molecule has 2 rings (SSSR count). The lowest BCUT2D eigenvalue weighted by Crippen LogP contribution is -1.94. The average molecular weight is 241 g/mol. The summed E-state index contributed by atoms with van der Waals surface area (Å²) in [5.41, 5.74) is 3.48. The third kappa shape index (κ3) is 3.06. The summed E-state index contributed by atoms with van der Waals surface area (Å²) in [6.07, 6.45) is 5.23. The van der Waals surface area contributed by atoms with Gasteiger partial charge in [0.25, 0.3) is 0 Å². The van der Waals surface area contributed by atoms with Crippen LogP contribution in [0.3, 0.4) is 0 Å². The fraction of sp³-hybridized carbons (Fsp3) is 0.333. The largest absolute Gasteiger partial charge is 0.373 e. The van der Waals surface area contributed by atoms with Crippen LogP contribution in [0.4, 0.5) is 5.82 Å². The van der Waals surface area contributed by atoms with Crippen molar-refractivity contribution >= 4 is 5.82 Å². The topological polar surface area (TPSA) is 37.8 Å². The number of rotatable bonds is 5. The number of unbranched alkanes of at least 4 members (excludes halogenated alkanes) is 1. The Morgan fingerprint density at radius 1 is 1.11 bits per heavy atom. The minimum Gasteiger partial charge on any atom is -0.373 e. The zero-order chi connectivity index (χ0) is 12.8. The van der Waals surface area contributed by atoms with Crippen LogP contribution in [0.25, 0.3) is 11.3 Å². The molecule has 0 saturated carbocycles. The lowest BCUT2D eigenvalue weighted by Gasteiger charge is -2.05. The smallest absolute Gasteiger partial charge is 0.129 e. The summed E-state index contributed by atoms with van der Waals surface area (Å²) in [4.78, 5) is 8.42. The molecule has 1 heterocycles. The molecule has 3 nitrogen and oxygen atoms in total. The Hall–Kier alpha value is -1.90. The van der Waals surface area contributed by atoms with E-state index in [0.29, 0.717) is 0 Å². The third-order valence-electron chi connectivity index (χ3n) is 2.99. The monoisotopic (exact) mass is 241 g/mol. The van der Waals surface area contributed by atoms with Crippen LogP contribution in [0.5, 0.6) is 0 Å². The Morgan fingerprint density at radius 3 is 2.56 bits per heavy atom. The summed E-state index contributed by atoms with van der Waals surface area (Å²) in [6.45, 7) is 2.22. The molecule has 0 saturated heterocycles. The van der Waals surface area contributed by atoms with Gasteiger partial charge in [0.05, 0.1) is 5.69 Å². The standard InChI is InChI=1S/C15H19N3/c1-3-4-5-12-6-8-13(9-7-12)14-10-15(16-2)18-11-17-14/h6-11H,3-5H2,1-2H3,(H,16,17,18). The lowest BCUT2D eigenvalue weighted by atomic mass is 10.0. The van der Waals surface area contributed by atoms with Crippen molar-refractivity contribution in [3.05, 3.63) is 42.2 Å². The van der Waals surface area contributed by atoms with Gasteiger partial charge in [0.1, 0.15) is 12.1 Å². The molecular formula is C15H19N3. The molecule has 18 heavy (non-hydrogen) atoms. The minimum atomic E-state index is 0.843. The quantitative estimate of drug-likeness (QED) is 0.870. The molecule has 2 aromatic rings. The summed E-state index contributed by atoms with van der Waals surface area (Å²) in [7, 11) is 1.86. The molecule has 0 aliphatic heterocycles. The van der Waals surface area contributed by atoms with Crippen LogP contribution in [0, 0.1) is 0 Å². The molecule has 0 unspecified atom stereocenters. The van der Waals surface area contributed by atoms with Gasteiger partial charge < -0.3 is 5.32 Å². The van der Waals surface area contributed by atoms with Crippen LogP contribution < -0.4 is 5.32 Å². The predicted molar refractivity (Wildman–Crippen MR) is 75.6 cm³/mol. The number of nitrogens with zero attached hydrogens (tertiary/aromatic N) is 2. The number of anilines is 1. The average Bonchev–Trinajstić information content (AvgIpc) is 2.46. The second-order valence-electron chi connectivity index (χ2n) is 4.34. The zero-order valence-electron chi connectivity index (χ0n) is 11.0. The van der Waals surface area contributed by atoms with Crippen molar-refractivity contribution < 1.29 is 0 Å². The van der Waals surface area contributed by atoms with Crippen LogP contribution in [0.1, 0.15) is 25.3 Å². The highest BCUT2D eigenvalue weighted by atomic mass is 15.0. The highest BCUT2D eigenvalue weighted by molar-refractivity contribution is 5.62. The molecule has 1 aromatic carbocycles. The number of hydrogen-bond donors (Lipinski definition) is 1. The highest BCUT2D eigenvalue weighted by Gasteiger charge is 2.01. The van der Waals surface area contributed by atoms with E-state index in [2.05, 4.69) is 46.5 Å². The summed E-state index contributed by atoms with van der Waals surface area (Å²) < 4.78 is 0. The van der Waals surface area contributed by atoms with Crippen molar-refractivity contribution in [1.29, 1.82) is 0 Å². The first-order valence-corrected chi connectivity index (χ1v) is 6.42. The van der Waals surface area contributed by atoms with Gasteiger partial charge in [-0.15, -0.1) is 0 Å². The SMILES string of the molecule is CCCCc1ccc(-c2cc(NC)ncn2)cc1. The molecule has 0 radical (unpaired) electrons. The van der Waals surface area contributed by atoms with Crippen molar-refractivity contribution in [2.45, 2.75) is 26.2 Å². The fourth-order valence-corrected chi connectivity index (χ4v) is 1.87. The molecule has 0 amide bonds. The number of aryl methyl sites for hydroxylation is 1. The summed E-state index contributed by atoms with van der Waals surface area (Å²) in [5, 5.41) is 3.03. The molecule has 0 atom stereocenters. The van der Waals surface area contributed by atoms with Crippen molar-refractivity contribution in [3.63, 3.8) is 0 Å². The number of hydrogen-bond acceptors (Lipinski definition) is 3. The maximum atomic E-state index is 4.30. The molecule has 1 aromatic heterocycles. The molecule has 0 bridgehead atoms. The fourth-order valence-electron chi connectivity index (χ4n) is 1.87. The summed E-state index contributed by atoms with van der Waals surface area (Å²) in [6, 6.07) is 10.6. The normalized spacial score (nSPS) is 10.3. The van der Waals surface area contributed by atoms with Gasteiger partial charge in [0.2, 0.25) is 0 Å². The van der Waals surface area contributed by atoms with Crippen molar-refractivity contribution in [2.75, 3.05) is 12.4 Å². The summed E-state index contributed by atoms with van der Waals surface area (Å²) in [5.74, 6) is 0.843. The van der Waals surface area contributed by atoms with Gasteiger partial charge >= 0.3 is 0 Å². The predicted octanol–water partition coefficient (Wildman–Crippen LogP) is 3.53. The first kappa shape index (κ1) is 12.6. The van der Waals surface area contributed by atoms with Gasteiger partial charge in [-0.05, 0) is 18.4 Å². The molecule has 94 valence electrons. The third-order valence-corrected chi connectivity index (χ3v) is 2.99. The maximum Gasteiger partial charge on any atom is 0.129 e. The molecule has 0 spiro atoms. The lowest BCUT2D eigenvalue weighted by molar-refractivity contribution is 0.795. The van der Waals surface area contributed by atoms with E-state index in [0.717, 1.165) is 23.5 Å². The molecule has 0 aliphatic rings. The van der Waals surface area contributed by atoms with Crippen molar-refractivity contribution in [2.24, 2.45) is 0 Å². The first-order valence-electron chi connectivity index (χ1n) is 6.42. The molecule has 3 heteroatoms.